The van der Waals surface area contributed by atoms with E-state index >= 15 is 0 Å². The van der Waals surface area contributed by atoms with Crippen LogP contribution in [0.25, 0.3) is 10.9 Å². The lowest BCUT2D eigenvalue weighted by atomic mass is 9.91. The third-order valence-electron chi connectivity index (χ3n) is 6.63. The van der Waals surface area contributed by atoms with Gasteiger partial charge < -0.3 is 25.7 Å². The topological polar surface area (TPSA) is 98.4 Å². The predicted molar refractivity (Wildman–Crippen MR) is 143 cm³/mol. The van der Waals surface area contributed by atoms with Crippen molar-refractivity contribution in [3.63, 3.8) is 0 Å². The number of nitrogens with zero attached hydrogens (tertiary/aromatic N) is 1. The molecule has 2 aromatic carbocycles. The minimum absolute atomic E-state index is 0.00917. The maximum absolute atomic E-state index is 13.5. The summed E-state index contributed by atoms with van der Waals surface area (Å²) in [5.41, 5.74) is 8.21. The minimum atomic E-state index is -4.43. The molecule has 0 saturated heterocycles. The number of rotatable bonds is 7. The van der Waals surface area contributed by atoms with Crippen molar-refractivity contribution in [2.75, 3.05) is 30.5 Å². The lowest BCUT2D eigenvalue weighted by molar-refractivity contribution is -0.140. The minimum Gasteiger partial charge on any atom is -0.495 e. The highest BCUT2D eigenvalue weighted by molar-refractivity contribution is 7.90. The van der Waals surface area contributed by atoms with Gasteiger partial charge in [0.25, 0.3) is 0 Å². The molecular formula is C27H31F3N4O3S. The van der Waals surface area contributed by atoms with Crippen LogP contribution >= 0.6 is 0 Å². The second-order valence-electron chi connectivity index (χ2n) is 9.46. The zero-order valence-corrected chi connectivity index (χ0v) is 22.0. The summed E-state index contributed by atoms with van der Waals surface area (Å²) < 4.78 is 70.5. The van der Waals surface area contributed by atoms with Crippen molar-refractivity contribution >= 4 is 32.1 Å². The van der Waals surface area contributed by atoms with Gasteiger partial charge in [-0.05, 0) is 49.1 Å². The molecule has 1 fully saturated rings. The first kappa shape index (κ1) is 27.7. The second-order valence-corrected chi connectivity index (χ2v) is 11.5. The van der Waals surface area contributed by atoms with Crippen LogP contribution in [0.2, 0.25) is 0 Å². The normalized spacial score (nSPS) is 18.1. The second kappa shape index (κ2) is 11.2. The van der Waals surface area contributed by atoms with E-state index in [4.69, 9.17) is 10.5 Å². The van der Waals surface area contributed by atoms with E-state index in [1.807, 2.05) is 6.07 Å². The van der Waals surface area contributed by atoms with Crippen molar-refractivity contribution in [2.24, 2.45) is 5.73 Å². The van der Waals surface area contributed by atoms with Crippen LogP contribution in [0.15, 0.2) is 47.4 Å². The van der Waals surface area contributed by atoms with Gasteiger partial charge in [0.1, 0.15) is 12.3 Å². The molecule has 4 N–H and O–H groups in total. The van der Waals surface area contributed by atoms with Gasteiger partial charge in [0.15, 0.2) is 9.84 Å². The Hall–Kier alpha value is -3.36. The van der Waals surface area contributed by atoms with E-state index in [0.717, 1.165) is 37.6 Å². The first-order valence-electron chi connectivity index (χ1n) is 12.3. The van der Waals surface area contributed by atoms with Crippen LogP contribution < -0.4 is 21.1 Å². The van der Waals surface area contributed by atoms with E-state index in [1.54, 1.807) is 24.3 Å². The van der Waals surface area contributed by atoms with Crippen molar-refractivity contribution in [2.45, 2.75) is 55.4 Å². The SMILES string of the molecule is COc1cc(S(C)(=O)=O)ccc1NCC#Cc1cc2c(N[C@H]3CCCC[C@H]3N)cccc2n1CC(F)(F)F. The van der Waals surface area contributed by atoms with Gasteiger partial charge >= 0.3 is 6.18 Å². The number of anilines is 2. The molecule has 1 aliphatic carbocycles. The maximum atomic E-state index is 13.5. The van der Waals surface area contributed by atoms with Gasteiger partial charge in [0.2, 0.25) is 0 Å². The molecule has 7 nitrogen and oxygen atoms in total. The molecular weight excluding hydrogens is 517 g/mol. The summed E-state index contributed by atoms with van der Waals surface area (Å²) >= 11 is 0. The van der Waals surface area contributed by atoms with Crippen molar-refractivity contribution in [1.82, 2.24) is 4.57 Å². The zero-order valence-electron chi connectivity index (χ0n) is 21.2. The van der Waals surface area contributed by atoms with Crippen molar-refractivity contribution in [1.29, 1.82) is 0 Å². The van der Waals surface area contributed by atoms with Crippen molar-refractivity contribution in [3.05, 3.63) is 48.2 Å². The number of methoxy groups -OCH3 is 1. The molecule has 1 heterocycles. The molecule has 0 aliphatic heterocycles. The summed E-state index contributed by atoms with van der Waals surface area (Å²) in [6, 6.07) is 11.4. The third-order valence-corrected chi connectivity index (χ3v) is 7.74. The fourth-order valence-electron chi connectivity index (χ4n) is 4.72. The molecule has 0 bridgehead atoms. The molecule has 0 unspecified atom stereocenters. The predicted octanol–water partition coefficient (Wildman–Crippen LogP) is 4.76. The zero-order chi connectivity index (χ0) is 27.5. The van der Waals surface area contributed by atoms with Gasteiger partial charge in [-0.2, -0.15) is 13.2 Å². The molecule has 11 heteroatoms. The van der Waals surface area contributed by atoms with E-state index in [9.17, 15) is 21.6 Å². The molecule has 3 aromatic rings. The van der Waals surface area contributed by atoms with Gasteiger partial charge in [-0.25, -0.2) is 8.42 Å². The molecule has 4 rings (SSSR count). The molecule has 0 spiro atoms. The van der Waals surface area contributed by atoms with Crippen molar-refractivity contribution < 1.29 is 26.3 Å². The number of ether oxygens (including phenoxy) is 1. The highest BCUT2D eigenvalue weighted by atomic mass is 32.2. The number of hydrogen-bond donors (Lipinski definition) is 3. The lowest BCUT2D eigenvalue weighted by Gasteiger charge is -2.30. The molecule has 0 amide bonds. The Kier molecular flexibility index (Phi) is 8.13. The van der Waals surface area contributed by atoms with Crippen LogP contribution in [-0.2, 0) is 16.4 Å². The Morgan fingerprint density at radius 2 is 1.89 bits per heavy atom. The van der Waals surface area contributed by atoms with E-state index < -0.39 is 22.6 Å². The van der Waals surface area contributed by atoms with Gasteiger partial charge in [0, 0.05) is 35.5 Å². The standard InChI is InChI=1S/C27H31F3N4O3S/c1-37-26-16-19(38(2,35)36)12-13-24(26)32-14-6-7-18-15-20-22(33-23-9-4-3-8-21(23)31)10-5-11-25(20)34(18)17-27(28,29)30/h5,10-13,15-16,21,23,32-33H,3-4,8-9,14,17,31H2,1-2H3/t21-,23+/m1/s1. The van der Waals surface area contributed by atoms with Crippen LogP contribution in [0.3, 0.4) is 0 Å². The largest absolute Gasteiger partial charge is 0.495 e. The summed E-state index contributed by atoms with van der Waals surface area (Å²) in [4.78, 5) is 0.112. The third kappa shape index (κ3) is 6.55. The number of benzene rings is 2. The molecule has 2 atom stereocenters. The Morgan fingerprint density at radius 1 is 1.13 bits per heavy atom. The van der Waals surface area contributed by atoms with Gasteiger partial charge in [0.05, 0.1) is 35.4 Å². The lowest BCUT2D eigenvalue weighted by Crippen LogP contribution is -2.42. The van der Waals surface area contributed by atoms with Gasteiger partial charge in [-0.1, -0.05) is 24.8 Å². The Labute approximate surface area is 220 Å². The van der Waals surface area contributed by atoms with Crippen molar-refractivity contribution in [3.8, 4) is 17.6 Å². The Bertz CT molecular complexity index is 1470. The van der Waals surface area contributed by atoms with Crippen LogP contribution in [0.5, 0.6) is 5.75 Å². The summed E-state index contributed by atoms with van der Waals surface area (Å²) in [5, 5.41) is 7.15. The quantitative estimate of drug-likeness (QED) is 0.369. The number of halogens is 3. The van der Waals surface area contributed by atoms with E-state index in [2.05, 4.69) is 22.5 Å². The monoisotopic (exact) mass is 548 g/mol. The Balaban J connectivity index is 1.61. The summed E-state index contributed by atoms with van der Waals surface area (Å²) in [6.07, 6.45) is 0.631. The number of nitrogens with one attached hydrogen (secondary N) is 2. The van der Waals surface area contributed by atoms with E-state index in [0.29, 0.717) is 22.3 Å². The number of alkyl halides is 3. The fraction of sp³-hybridized carbons (Fsp3) is 0.407. The van der Waals surface area contributed by atoms with Crippen LogP contribution in [0.4, 0.5) is 24.5 Å². The molecule has 1 aromatic heterocycles. The summed E-state index contributed by atoms with van der Waals surface area (Å²) in [5.74, 6) is 6.06. The van der Waals surface area contributed by atoms with E-state index in [-0.39, 0.29) is 29.2 Å². The number of hydrogen-bond acceptors (Lipinski definition) is 6. The number of fused-ring (bicyclic) bond motifs is 1. The molecule has 1 aliphatic rings. The van der Waals surface area contributed by atoms with E-state index in [1.165, 1.54) is 23.8 Å². The van der Waals surface area contributed by atoms with Gasteiger partial charge in [-0.15, -0.1) is 0 Å². The first-order chi connectivity index (χ1) is 18.0. The highest BCUT2D eigenvalue weighted by Gasteiger charge is 2.30. The molecule has 0 radical (unpaired) electrons. The fourth-order valence-corrected chi connectivity index (χ4v) is 5.36. The average Bonchev–Trinajstić information content (AvgIpc) is 3.19. The Morgan fingerprint density at radius 3 is 2.58 bits per heavy atom. The van der Waals surface area contributed by atoms with Crippen LogP contribution in [-0.4, -0.2) is 51.2 Å². The van der Waals surface area contributed by atoms with Crippen LogP contribution in [0.1, 0.15) is 31.4 Å². The first-order valence-corrected chi connectivity index (χ1v) is 14.2. The highest BCUT2D eigenvalue weighted by Crippen LogP contribution is 2.32. The summed E-state index contributed by atoms with van der Waals surface area (Å²) in [6.45, 7) is -1.06. The molecule has 204 valence electrons. The number of sulfone groups is 1. The smallest absolute Gasteiger partial charge is 0.406 e. The average molecular weight is 549 g/mol. The van der Waals surface area contributed by atoms with Crippen LogP contribution in [0, 0.1) is 11.8 Å². The molecule has 1 saturated carbocycles. The molecule has 38 heavy (non-hydrogen) atoms. The summed E-state index contributed by atoms with van der Waals surface area (Å²) in [7, 11) is -1.99. The maximum Gasteiger partial charge on any atom is 0.406 e. The number of aromatic nitrogens is 1. The van der Waals surface area contributed by atoms with Gasteiger partial charge in [-0.3, -0.25) is 0 Å². The number of nitrogens with two attached hydrogens (primary N) is 1.